The van der Waals surface area contributed by atoms with Gasteiger partial charge in [-0.1, -0.05) is 59.1 Å². The fourth-order valence-corrected chi connectivity index (χ4v) is 4.12. The van der Waals surface area contributed by atoms with Crippen LogP contribution in [0.25, 0.3) is 0 Å². The lowest BCUT2D eigenvalue weighted by atomic mass is 9.94. The van der Waals surface area contributed by atoms with Crippen LogP contribution in [0.5, 0.6) is 0 Å². The van der Waals surface area contributed by atoms with Crippen LogP contribution in [-0.2, 0) is 30.3 Å². The highest BCUT2D eigenvalue weighted by Crippen LogP contribution is 2.21. The van der Waals surface area contributed by atoms with Crippen LogP contribution in [0.4, 0.5) is 4.39 Å². The quantitative estimate of drug-likeness (QED) is 0.470. The topological polar surface area (TPSA) is 114 Å². The summed E-state index contributed by atoms with van der Waals surface area (Å²) in [5, 5.41) is 8.10. The summed E-state index contributed by atoms with van der Waals surface area (Å²) in [7, 11) is 0. The minimum atomic E-state index is -0.994. The molecule has 2 rings (SSSR count). The number of ether oxygens (including phenoxy) is 1. The van der Waals surface area contributed by atoms with Gasteiger partial charge in [-0.3, -0.25) is 14.4 Å². The molecule has 8 nitrogen and oxygen atoms in total. The predicted octanol–water partition coefficient (Wildman–Crippen LogP) is 3.03. The summed E-state index contributed by atoms with van der Waals surface area (Å²) in [5.41, 5.74) is 0.648. The molecule has 0 aromatic heterocycles. The summed E-state index contributed by atoms with van der Waals surface area (Å²) in [6, 6.07) is 2.80. The summed E-state index contributed by atoms with van der Waals surface area (Å²) in [6.45, 7) is 9.25. The van der Waals surface area contributed by atoms with Crippen molar-refractivity contribution in [1.82, 2.24) is 16.0 Å². The molecule has 0 bridgehead atoms. The van der Waals surface area contributed by atoms with Crippen molar-refractivity contribution in [2.45, 2.75) is 97.4 Å². The van der Waals surface area contributed by atoms with Gasteiger partial charge in [0.2, 0.25) is 17.7 Å². The molecule has 36 heavy (non-hydrogen) atoms. The highest BCUT2D eigenvalue weighted by Gasteiger charge is 2.35. The van der Waals surface area contributed by atoms with Gasteiger partial charge in [-0.2, -0.15) is 0 Å². The van der Waals surface area contributed by atoms with E-state index >= 15 is 0 Å². The number of carbonyl (C=O) groups is 4. The lowest BCUT2D eigenvalue weighted by molar-refractivity contribution is -0.158. The van der Waals surface area contributed by atoms with Gasteiger partial charge in [0.05, 0.1) is 6.42 Å². The van der Waals surface area contributed by atoms with E-state index in [1.165, 1.54) is 19.1 Å². The van der Waals surface area contributed by atoms with Crippen molar-refractivity contribution in [3.63, 3.8) is 0 Å². The van der Waals surface area contributed by atoms with Crippen LogP contribution in [-0.4, -0.2) is 47.9 Å². The third-order valence-corrected chi connectivity index (χ3v) is 6.82. The second-order valence-electron chi connectivity index (χ2n) is 9.85. The van der Waals surface area contributed by atoms with E-state index in [9.17, 15) is 23.6 Å². The highest BCUT2D eigenvalue weighted by atomic mass is 19.1. The first-order valence-electron chi connectivity index (χ1n) is 12.9. The lowest BCUT2D eigenvalue weighted by Gasteiger charge is -2.29. The molecule has 0 radical (unpaired) electrons. The number of halogens is 1. The molecule has 9 heteroatoms. The van der Waals surface area contributed by atoms with Crippen LogP contribution in [0.2, 0.25) is 0 Å². The number of esters is 1. The van der Waals surface area contributed by atoms with E-state index in [1.807, 2.05) is 20.8 Å². The second kappa shape index (κ2) is 13.9. The smallest absolute Gasteiger partial charge is 0.329 e. The molecule has 0 spiro atoms. The minimum absolute atomic E-state index is 0.0960. The summed E-state index contributed by atoms with van der Waals surface area (Å²) in [5.74, 6) is -2.80. The van der Waals surface area contributed by atoms with Crippen LogP contribution < -0.4 is 16.0 Å². The largest absolute Gasteiger partial charge is 0.460 e. The Morgan fingerprint density at radius 1 is 0.972 bits per heavy atom. The van der Waals surface area contributed by atoms with Crippen molar-refractivity contribution in [3.05, 3.63) is 35.6 Å². The van der Waals surface area contributed by atoms with Gasteiger partial charge in [0.25, 0.3) is 0 Å². The van der Waals surface area contributed by atoms with E-state index in [4.69, 9.17) is 4.74 Å². The van der Waals surface area contributed by atoms with Crippen molar-refractivity contribution in [1.29, 1.82) is 0 Å². The molecule has 1 aromatic rings. The van der Waals surface area contributed by atoms with Crippen LogP contribution in [0, 0.1) is 17.7 Å². The van der Waals surface area contributed by atoms with Crippen molar-refractivity contribution in [3.8, 4) is 0 Å². The second-order valence-corrected chi connectivity index (χ2v) is 9.85. The molecule has 200 valence electrons. The monoisotopic (exact) mass is 505 g/mol. The van der Waals surface area contributed by atoms with E-state index in [-0.39, 0.29) is 24.7 Å². The summed E-state index contributed by atoms with van der Waals surface area (Å²) in [4.78, 5) is 52.3. The van der Waals surface area contributed by atoms with Crippen LogP contribution in [0.1, 0.15) is 72.3 Å². The van der Waals surface area contributed by atoms with Crippen molar-refractivity contribution in [2.75, 3.05) is 0 Å². The molecule has 6 unspecified atom stereocenters. The van der Waals surface area contributed by atoms with Crippen LogP contribution in [0.3, 0.4) is 0 Å². The van der Waals surface area contributed by atoms with Gasteiger partial charge >= 0.3 is 5.97 Å². The Kier molecular flexibility index (Phi) is 11.3. The minimum Gasteiger partial charge on any atom is -0.460 e. The first-order chi connectivity index (χ1) is 17.0. The average Bonchev–Trinajstić information content (AvgIpc) is 2.85. The molecule has 6 atom stereocenters. The maximum absolute atomic E-state index is 13.4. The van der Waals surface area contributed by atoms with Crippen molar-refractivity contribution in [2.24, 2.45) is 11.8 Å². The van der Waals surface area contributed by atoms with Gasteiger partial charge in [0, 0.05) is 6.42 Å². The molecule has 0 aliphatic carbocycles. The molecule has 1 aliphatic rings. The van der Waals surface area contributed by atoms with E-state index in [0.717, 1.165) is 19.3 Å². The standard InChI is InChI=1S/C27H40FN3O5/c1-6-8-9-17(4)22-15-23(32)30-21(14-19-10-12-20(28)13-11-19)26(34)29-18(5)25(33)31-24(16(3)7-2)27(35)36-22/h10-13,16-18,21-22,24H,6-9,14-15H2,1-5H3,(H,29,34)(H,30,32)(H,31,33). The predicted molar refractivity (Wildman–Crippen MR) is 134 cm³/mol. The van der Waals surface area contributed by atoms with Gasteiger partial charge in [0.15, 0.2) is 0 Å². The van der Waals surface area contributed by atoms with Gasteiger partial charge in [-0.15, -0.1) is 0 Å². The van der Waals surface area contributed by atoms with Gasteiger partial charge in [0.1, 0.15) is 30.0 Å². The summed E-state index contributed by atoms with van der Waals surface area (Å²) in [6.07, 6.45) is 2.55. The molecule has 1 fully saturated rings. The average molecular weight is 506 g/mol. The van der Waals surface area contributed by atoms with E-state index in [0.29, 0.717) is 12.0 Å². The maximum atomic E-state index is 13.4. The molecule has 3 N–H and O–H groups in total. The number of hydrogen-bond acceptors (Lipinski definition) is 5. The number of cyclic esters (lactones) is 1. The Bertz CT molecular complexity index is 907. The number of benzene rings is 1. The van der Waals surface area contributed by atoms with Crippen LogP contribution in [0.15, 0.2) is 24.3 Å². The number of unbranched alkanes of at least 4 members (excludes halogenated alkanes) is 1. The third kappa shape index (κ3) is 8.60. The molecule has 1 aromatic carbocycles. The normalized spacial score (nSPS) is 25.7. The summed E-state index contributed by atoms with van der Waals surface area (Å²) >= 11 is 0. The molecule has 1 aliphatic heterocycles. The van der Waals surface area contributed by atoms with Gasteiger partial charge in [-0.25, -0.2) is 9.18 Å². The number of carbonyl (C=O) groups excluding carboxylic acids is 4. The molecule has 3 amide bonds. The SMILES string of the molecule is CCCCC(C)C1CC(=O)NC(Cc2ccc(F)cc2)C(=O)NC(C)C(=O)NC(C(C)CC)C(=O)O1. The number of rotatable bonds is 8. The Morgan fingerprint density at radius 3 is 2.25 bits per heavy atom. The Morgan fingerprint density at radius 2 is 1.64 bits per heavy atom. The molecular weight excluding hydrogens is 465 g/mol. The zero-order chi connectivity index (χ0) is 26.8. The first-order valence-corrected chi connectivity index (χ1v) is 12.9. The summed E-state index contributed by atoms with van der Waals surface area (Å²) < 4.78 is 19.2. The van der Waals surface area contributed by atoms with E-state index in [1.54, 1.807) is 12.1 Å². The van der Waals surface area contributed by atoms with E-state index < -0.39 is 53.7 Å². The zero-order valence-corrected chi connectivity index (χ0v) is 21.9. The Hall–Kier alpha value is -2.97. The molecular formula is C27H40FN3O5. The zero-order valence-electron chi connectivity index (χ0n) is 21.9. The highest BCUT2D eigenvalue weighted by molar-refractivity contribution is 5.94. The van der Waals surface area contributed by atoms with Crippen LogP contribution >= 0.6 is 0 Å². The van der Waals surface area contributed by atoms with Crippen molar-refractivity contribution < 1.29 is 28.3 Å². The first kappa shape index (κ1) is 29.3. The van der Waals surface area contributed by atoms with E-state index in [2.05, 4.69) is 22.9 Å². The number of amides is 3. The van der Waals surface area contributed by atoms with Gasteiger partial charge in [-0.05, 0) is 42.9 Å². The Balaban J connectivity index is 2.38. The number of nitrogens with one attached hydrogen (secondary N) is 3. The van der Waals surface area contributed by atoms with Gasteiger partial charge < -0.3 is 20.7 Å². The Labute approximate surface area is 213 Å². The third-order valence-electron chi connectivity index (χ3n) is 6.82. The lowest BCUT2D eigenvalue weighted by Crippen LogP contribution is -2.55. The fourth-order valence-electron chi connectivity index (χ4n) is 4.12. The molecule has 0 saturated carbocycles. The molecule has 1 heterocycles. The maximum Gasteiger partial charge on any atom is 0.329 e. The fraction of sp³-hybridized carbons (Fsp3) is 0.630. The van der Waals surface area contributed by atoms with Crippen molar-refractivity contribution >= 4 is 23.7 Å². The molecule has 1 saturated heterocycles. The number of hydrogen-bond donors (Lipinski definition) is 3.